The lowest BCUT2D eigenvalue weighted by molar-refractivity contribution is 0.0641. The smallest absolute Gasteiger partial charge is 0.251 e. The van der Waals surface area contributed by atoms with Crippen LogP contribution in [0.5, 0.6) is 0 Å². The highest BCUT2D eigenvalue weighted by Gasteiger charge is 2.38. The van der Waals surface area contributed by atoms with Gasteiger partial charge < -0.3 is 10.4 Å². The maximum atomic E-state index is 12.3. The van der Waals surface area contributed by atoms with Crippen LogP contribution in [0.15, 0.2) is 12.1 Å². The molecule has 1 aromatic heterocycles. The first kappa shape index (κ1) is 15.3. The van der Waals surface area contributed by atoms with Crippen molar-refractivity contribution in [1.82, 2.24) is 10.3 Å². The minimum absolute atomic E-state index is 0.0241. The fourth-order valence-corrected chi connectivity index (χ4v) is 2.46. The van der Waals surface area contributed by atoms with E-state index in [0.29, 0.717) is 10.7 Å². The Labute approximate surface area is 124 Å². The molecule has 2 rings (SSSR count). The lowest BCUT2D eigenvalue weighted by Gasteiger charge is -2.41. The molecular formula is C15H21ClN2O2. The van der Waals surface area contributed by atoms with Gasteiger partial charge >= 0.3 is 0 Å². The molecule has 0 unspecified atom stereocenters. The van der Waals surface area contributed by atoms with Crippen LogP contribution in [0.25, 0.3) is 0 Å². The van der Waals surface area contributed by atoms with E-state index in [1.54, 1.807) is 12.1 Å². The number of hydrogen-bond acceptors (Lipinski definition) is 3. The van der Waals surface area contributed by atoms with Crippen molar-refractivity contribution in [3.63, 3.8) is 0 Å². The zero-order valence-electron chi connectivity index (χ0n) is 12.2. The molecule has 1 heterocycles. The van der Waals surface area contributed by atoms with Crippen molar-refractivity contribution in [3.05, 3.63) is 28.5 Å². The van der Waals surface area contributed by atoms with Crippen LogP contribution >= 0.6 is 11.6 Å². The van der Waals surface area contributed by atoms with Gasteiger partial charge in [0.2, 0.25) is 0 Å². The minimum Gasteiger partial charge on any atom is -0.394 e. The molecule has 0 aromatic carbocycles. The number of nitrogens with zero attached hydrogens (tertiary/aromatic N) is 1. The van der Waals surface area contributed by atoms with E-state index in [1.165, 1.54) is 0 Å². The summed E-state index contributed by atoms with van der Waals surface area (Å²) in [6.45, 7) is 6.04. The number of aromatic nitrogens is 1. The third-order valence-corrected chi connectivity index (χ3v) is 4.01. The summed E-state index contributed by atoms with van der Waals surface area (Å²) in [6.07, 6.45) is 2.67. The summed E-state index contributed by atoms with van der Waals surface area (Å²) in [6, 6.07) is 3.33. The summed E-state index contributed by atoms with van der Waals surface area (Å²) >= 11 is 6.01. The van der Waals surface area contributed by atoms with E-state index in [1.807, 2.05) is 20.8 Å². The molecule has 0 saturated heterocycles. The summed E-state index contributed by atoms with van der Waals surface area (Å²) in [5.41, 5.74) is 0.649. The zero-order chi connectivity index (χ0) is 15.0. The third-order valence-electron chi connectivity index (χ3n) is 3.82. The SMILES string of the molecule is CC(C)(C)c1cc(C(=O)NC2(CO)CCC2)cc(Cl)n1. The van der Waals surface area contributed by atoms with Gasteiger partial charge in [-0.1, -0.05) is 32.4 Å². The summed E-state index contributed by atoms with van der Waals surface area (Å²) < 4.78 is 0. The van der Waals surface area contributed by atoms with Gasteiger partial charge in [-0.3, -0.25) is 4.79 Å². The van der Waals surface area contributed by atoms with Crippen molar-refractivity contribution in [3.8, 4) is 0 Å². The Morgan fingerprint density at radius 3 is 2.55 bits per heavy atom. The number of pyridine rings is 1. The van der Waals surface area contributed by atoms with Crippen molar-refractivity contribution in [2.75, 3.05) is 6.61 Å². The van der Waals surface area contributed by atoms with E-state index in [0.717, 1.165) is 25.0 Å². The Morgan fingerprint density at radius 1 is 1.45 bits per heavy atom. The van der Waals surface area contributed by atoms with Crippen LogP contribution in [0.2, 0.25) is 5.15 Å². The van der Waals surface area contributed by atoms with Gasteiger partial charge in [0, 0.05) is 16.7 Å². The average molecular weight is 297 g/mol. The second-order valence-corrected chi connectivity index (χ2v) is 6.95. The van der Waals surface area contributed by atoms with Gasteiger partial charge in [0.25, 0.3) is 5.91 Å². The van der Waals surface area contributed by atoms with E-state index in [4.69, 9.17) is 11.6 Å². The largest absolute Gasteiger partial charge is 0.394 e. The Bertz CT molecular complexity index is 514. The van der Waals surface area contributed by atoms with E-state index in [-0.39, 0.29) is 17.9 Å². The fourth-order valence-electron chi connectivity index (χ4n) is 2.25. The molecule has 1 amide bonds. The van der Waals surface area contributed by atoms with E-state index >= 15 is 0 Å². The standard InChI is InChI=1S/C15H21ClN2O2/c1-14(2,3)11-7-10(8-12(16)17-11)13(20)18-15(9-19)5-4-6-15/h7-8,19H,4-6,9H2,1-3H3,(H,18,20). The van der Waals surface area contributed by atoms with Crippen LogP contribution in [0, 0.1) is 0 Å². The summed E-state index contributed by atoms with van der Waals surface area (Å²) in [5.74, 6) is -0.200. The Hall–Kier alpha value is -1.13. The van der Waals surface area contributed by atoms with Gasteiger partial charge in [-0.15, -0.1) is 0 Å². The lowest BCUT2D eigenvalue weighted by Crippen LogP contribution is -2.56. The fraction of sp³-hybridized carbons (Fsp3) is 0.600. The number of nitrogens with one attached hydrogen (secondary N) is 1. The second kappa shape index (κ2) is 5.34. The lowest BCUT2D eigenvalue weighted by atomic mass is 9.77. The van der Waals surface area contributed by atoms with Crippen LogP contribution in [-0.4, -0.2) is 28.1 Å². The maximum absolute atomic E-state index is 12.3. The second-order valence-electron chi connectivity index (χ2n) is 6.56. The van der Waals surface area contributed by atoms with Crippen LogP contribution < -0.4 is 5.32 Å². The highest BCUT2D eigenvalue weighted by molar-refractivity contribution is 6.29. The molecule has 0 radical (unpaired) electrons. The van der Waals surface area contributed by atoms with Gasteiger partial charge in [-0.25, -0.2) is 4.98 Å². The number of aliphatic hydroxyl groups is 1. The number of aliphatic hydroxyl groups excluding tert-OH is 1. The molecule has 4 nitrogen and oxygen atoms in total. The number of halogens is 1. The summed E-state index contributed by atoms with van der Waals surface area (Å²) in [5, 5.41) is 12.7. The first-order valence-corrected chi connectivity index (χ1v) is 7.25. The molecule has 1 aromatic rings. The quantitative estimate of drug-likeness (QED) is 0.843. The highest BCUT2D eigenvalue weighted by atomic mass is 35.5. The van der Waals surface area contributed by atoms with Gasteiger partial charge in [0.05, 0.1) is 12.1 Å². The first-order chi connectivity index (χ1) is 9.26. The van der Waals surface area contributed by atoms with Gasteiger partial charge in [0.15, 0.2) is 0 Å². The monoisotopic (exact) mass is 296 g/mol. The molecule has 0 atom stereocenters. The molecular weight excluding hydrogens is 276 g/mol. The predicted octanol–water partition coefficient (Wildman–Crippen LogP) is 2.68. The Kier molecular flexibility index (Phi) is 4.07. The van der Waals surface area contributed by atoms with Crippen LogP contribution in [0.3, 0.4) is 0 Å². The molecule has 110 valence electrons. The summed E-state index contributed by atoms with van der Waals surface area (Å²) in [7, 11) is 0. The molecule has 1 fully saturated rings. The van der Waals surface area contributed by atoms with Gasteiger partial charge in [-0.2, -0.15) is 0 Å². The van der Waals surface area contributed by atoms with Crippen LogP contribution in [-0.2, 0) is 5.41 Å². The molecule has 1 aliphatic carbocycles. The normalized spacial score (nSPS) is 17.4. The number of rotatable bonds is 3. The molecule has 5 heteroatoms. The van der Waals surface area contributed by atoms with Crippen molar-refractivity contribution in [2.45, 2.75) is 51.0 Å². The Morgan fingerprint density at radius 2 is 2.10 bits per heavy atom. The van der Waals surface area contributed by atoms with Crippen molar-refractivity contribution < 1.29 is 9.90 Å². The van der Waals surface area contributed by atoms with Gasteiger partial charge in [-0.05, 0) is 31.4 Å². The van der Waals surface area contributed by atoms with Crippen molar-refractivity contribution in [2.24, 2.45) is 0 Å². The first-order valence-electron chi connectivity index (χ1n) is 6.87. The molecule has 1 saturated carbocycles. The number of amides is 1. The third kappa shape index (κ3) is 3.13. The van der Waals surface area contributed by atoms with Crippen LogP contribution in [0.4, 0.5) is 0 Å². The molecule has 0 aliphatic heterocycles. The van der Waals surface area contributed by atoms with E-state index < -0.39 is 5.54 Å². The predicted molar refractivity (Wildman–Crippen MR) is 79.1 cm³/mol. The van der Waals surface area contributed by atoms with E-state index in [9.17, 15) is 9.90 Å². The molecule has 0 bridgehead atoms. The molecule has 2 N–H and O–H groups in total. The molecule has 20 heavy (non-hydrogen) atoms. The zero-order valence-corrected chi connectivity index (χ0v) is 12.9. The highest BCUT2D eigenvalue weighted by Crippen LogP contribution is 2.32. The number of carbonyl (C=O) groups is 1. The maximum Gasteiger partial charge on any atom is 0.251 e. The number of carbonyl (C=O) groups excluding carboxylic acids is 1. The topological polar surface area (TPSA) is 62.2 Å². The average Bonchev–Trinajstić information content (AvgIpc) is 2.31. The van der Waals surface area contributed by atoms with Gasteiger partial charge in [0.1, 0.15) is 5.15 Å². The van der Waals surface area contributed by atoms with Crippen molar-refractivity contribution >= 4 is 17.5 Å². The summed E-state index contributed by atoms with van der Waals surface area (Å²) in [4.78, 5) is 16.6. The van der Waals surface area contributed by atoms with Crippen molar-refractivity contribution in [1.29, 1.82) is 0 Å². The Balaban J connectivity index is 2.24. The molecule has 0 spiro atoms. The molecule has 1 aliphatic rings. The van der Waals surface area contributed by atoms with Crippen LogP contribution in [0.1, 0.15) is 56.1 Å². The number of hydrogen-bond donors (Lipinski definition) is 2. The minimum atomic E-state index is -0.450. The van der Waals surface area contributed by atoms with E-state index in [2.05, 4.69) is 10.3 Å².